The molecule has 1 aliphatic heterocycles. The SMILES string of the molecule is Cc1cc([N+](=O)[O-])cnc1N1CCCCC1C. The first kappa shape index (κ1) is 11.8. The number of pyridine rings is 1. The molecule has 0 radical (unpaired) electrons. The third-order valence-corrected chi connectivity index (χ3v) is 3.32. The molecule has 0 aliphatic carbocycles. The van der Waals surface area contributed by atoms with Crippen LogP contribution in [0.2, 0.25) is 0 Å². The van der Waals surface area contributed by atoms with Crippen LogP contribution in [0.4, 0.5) is 11.5 Å². The van der Waals surface area contributed by atoms with Crippen molar-refractivity contribution in [1.82, 2.24) is 4.98 Å². The third-order valence-electron chi connectivity index (χ3n) is 3.32. The summed E-state index contributed by atoms with van der Waals surface area (Å²) >= 11 is 0. The van der Waals surface area contributed by atoms with Crippen molar-refractivity contribution in [3.05, 3.63) is 27.9 Å². The average Bonchev–Trinajstić information content (AvgIpc) is 2.30. The lowest BCUT2D eigenvalue weighted by Gasteiger charge is -2.35. The number of rotatable bonds is 2. The van der Waals surface area contributed by atoms with Gasteiger partial charge in [0.05, 0.1) is 4.92 Å². The van der Waals surface area contributed by atoms with Gasteiger partial charge in [0.1, 0.15) is 12.0 Å². The molecule has 1 fully saturated rings. The van der Waals surface area contributed by atoms with E-state index in [4.69, 9.17) is 0 Å². The molecule has 1 aromatic heterocycles. The van der Waals surface area contributed by atoms with E-state index in [1.165, 1.54) is 19.0 Å². The van der Waals surface area contributed by atoms with Gasteiger partial charge >= 0.3 is 0 Å². The van der Waals surface area contributed by atoms with Crippen molar-refractivity contribution >= 4 is 11.5 Å². The summed E-state index contributed by atoms with van der Waals surface area (Å²) < 4.78 is 0. The molecule has 5 nitrogen and oxygen atoms in total. The summed E-state index contributed by atoms with van der Waals surface area (Å²) in [4.78, 5) is 16.8. The Hall–Kier alpha value is -1.65. The number of aromatic nitrogens is 1. The van der Waals surface area contributed by atoms with Crippen LogP contribution in [0.1, 0.15) is 31.7 Å². The maximum atomic E-state index is 10.7. The lowest BCUT2D eigenvalue weighted by molar-refractivity contribution is -0.385. The van der Waals surface area contributed by atoms with E-state index in [2.05, 4.69) is 16.8 Å². The Morgan fingerprint density at radius 3 is 2.88 bits per heavy atom. The Balaban J connectivity index is 2.29. The molecule has 0 saturated carbocycles. The lowest BCUT2D eigenvalue weighted by Crippen LogP contribution is -2.38. The van der Waals surface area contributed by atoms with Crippen LogP contribution in [0.25, 0.3) is 0 Å². The fraction of sp³-hybridized carbons (Fsp3) is 0.583. The molecule has 2 rings (SSSR count). The number of anilines is 1. The van der Waals surface area contributed by atoms with Crippen LogP contribution in [0.15, 0.2) is 12.3 Å². The molecule has 1 saturated heterocycles. The molecule has 1 atom stereocenters. The van der Waals surface area contributed by atoms with Gasteiger partial charge in [-0.1, -0.05) is 0 Å². The highest BCUT2D eigenvalue weighted by Gasteiger charge is 2.22. The van der Waals surface area contributed by atoms with E-state index in [9.17, 15) is 10.1 Å². The van der Waals surface area contributed by atoms with Crippen molar-refractivity contribution in [2.24, 2.45) is 0 Å². The van der Waals surface area contributed by atoms with E-state index < -0.39 is 4.92 Å². The minimum absolute atomic E-state index is 0.0657. The van der Waals surface area contributed by atoms with Gasteiger partial charge in [0.25, 0.3) is 5.69 Å². The highest BCUT2D eigenvalue weighted by Crippen LogP contribution is 2.27. The molecule has 5 heteroatoms. The molecule has 1 unspecified atom stereocenters. The third kappa shape index (κ3) is 2.38. The van der Waals surface area contributed by atoms with Crippen LogP contribution < -0.4 is 4.90 Å². The molecular formula is C12H17N3O2. The van der Waals surface area contributed by atoms with Gasteiger partial charge in [0, 0.05) is 18.7 Å². The molecule has 0 bridgehead atoms. The van der Waals surface area contributed by atoms with Crippen LogP contribution in [0.5, 0.6) is 0 Å². The summed E-state index contributed by atoms with van der Waals surface area (Å²) in [5.41, 5.74) is 0.948. The van der Waals surface area contributed by atoms with Crippen molar-refractivity contribution in [2.75, 3.05) is 11.4 Å². The van der Waals surface area contributed by atoms with E-state index in [1.807, 2.05) is 6.92 Å². The first-order valence-corrected chi connectivity index (χ1v) is 5.97. The van der Waals surface area contributed by atoms with Crippen molar-refractivity contribution in [3.8, 4) is 0 Å². The quantitative estimate of drug-likeness (QED) is 0.584. The molecule has 0 spiro atoms. The topological polar surface area (TPSA) is 59.3 Å². The van der Waals surface area contributed by atoms with Gasteiger partial charge < -0.3 is 4.90 Å². The lowest BCUT2D eigenvalue weighted by atomic mass is 10.0. The number of hydrogen-bond acceptors (Lipinski definition) is 4. The first-order chi connectivity index (χ1) is 8.09. The number of hydrogen-bond donors (Lipinski definition) is 0. The zero-order chi connectivity index (χ0) is 12.4. The zero-order valence-electron chi connectivity index (χ0n) is 10.2. The van der Waals surface area contributed by atoms with Crippen LogP contribution >= 0.6 is 0 Å². The number of nitrogens with zero attached hydrogens (tertiary/aromatic N) is 3. The summed E-state index contributed by atoms with van der Waals surface area (Å²) in [7, 11) is 0. The molecule has 17 heavy (non-hydrogen) atoms. The van der Waals surface area contributed by atoms with Gasteiger partial charge in [-0.15, -0.1) is 0 Å². The largest absolute Gasteiger partial charge is 0.354 e. The molecule has 92 valence electrons. The van der Waals surface area contributed by atoms with E-state index in [0.29, 0.717) is 6.04 Å². The summed E-state index contributed by atoms with van der Waals surface area (Å²) in [6, 6.07) is 2.07. The second-order valence-corrected chi connectivity index (χ2v) is 4.63. The minimum Gasteiger partial charge on any atom is -0.354 e. The minimum atomic E-state index is -0.399. The van der Waals surface area contributed by atoms with E-state index in [0.717, 1.165) is 24.3 Å². The Kier molecular flexibility index (Phi) is 3.26. The standard InChI is InChI=1S/C12H17N3O2/c1-9-7-11(15(16)17)8-13-12(9)14-6-4-3-5-10(14)2/h7-8,10H,3-6H2,1-2H3. The highest BCUT2D eigenvalue weighted by atomic mass is 16.6. The number of nitro groups is 1. The van der Waals surface area contributed by atoms with Crippen molar-refractivity contribution < 1.29 is 4.92 Å². The Labute approximate surface area is 101 Å². The summed E-state index contributed by atoms with van der Waals surface area (Å²) in [6.45, 7) is 5.06. The zero-order valence-corrected chi connectivity index (χ0v) is 10.2. The second-order valence-electron chi connectivity index (χ2n) is 4.63. The maximum Gasteiger partial charge on any atom is 0.287 e. The summed E-state index contributed by atoms with van der Waals surface area (Å²) in [5, 5.41) is 10.7. The van der Waals surface area contributed by atoms with Gasteiger partial charge in [-0.2, -0.15) is 0 Å². The Morgan fingerprint density at radius 2 is 2.29 bits per heavy atom. The van der Waals surface area contributed by atoms with E-state index in [1.54, 1.807) is 6.07 Å². The van der Waals surface area contributed by atoms with E-state index >= 15 is 0 Å². The monoisotopic (exact) mass is 235 g/mol. The normalized spacial score (nSPS) is 20.4. The van der Waals surface area contributed by atoms with Crippen molar-refractivity contribution in [1.29, 1.82) is 0 Å². The summed E-state index contributed by atoms with van der Waals surface area (Å²) in [6.07, 6.45) is 4.94. The Morgan fingerprint density at radius 1 is 1.53 bits per heavy atom. The fourth-order valence-electron chi connectivity index (χ4n) is 2.37. The molecule has 0 aromatic carbocycles. The van der Waals surface area contributed by atoms with Crippen LogP contribution in [-0.2, 0) is 0 Å². The summed E-state index contributed by atoms with van der Waals surface area (Å²) in [5.74, 6) is 0.891. The number of aryl methyl sites for hydroxylation is 1. The Bertz CT molecular complexity index is 434. The average molecular weight is 235 g/mol. The highest BCUT2D eigenvalue weighted by molar-refractivity contribution is 5.51. The van der Waals surface area contributed by atoms with Crippen LogP contribution in [0, 0.1) is 17.0 Å². The van der Waals surface area contributed by atoms with Gasteiger partial charge in [-0.3, -0.25) is 10.1 Å². The van der Waals surface area contributed by atoms with Crippen LogP contribution in [0.3, 0.4) is 0 Å². The molecule has 1 aliphatic rings. The van der Waals surface area contributed by atoms with Gasteiger partial charge in [-0.25, -0.2) is 4.98 Å². The van der Waals surface area contributed by atoms with Gasteiger partial charge in [-0.05, 0) is 38.7 Å². The second kappa shape index (κ2) is 4.69. The van der Waals surface area contributed by atoms with Crippen molar-refractivity contribution in [2.45, 2.75) is 39.2 Å². The molecule has 2 heterocycles. The van der Waals surface area contributed by atoms with Crippen LogP contribution in [-0.4, -0.2) is 22.5 Å². The predicted molar refractivity (Wildman–Crippen MR) is 66.3 cm³/mol. The van der Waals surface area contributed by atoms with Crippen molar-refractivity contribution in [3.63, 3.8) is 0 Å². The van der Waals surface area contributed by atoms with Gasteiger partial charge in [0.2, 0.25) is 0 Å². The maximum absolute atomic E-state index is 10.7. The molecule has 0 amide bonds. The first-order valence-electron chi connectivity index (χ1n) is 5.97. The predicted octanol–water partition coefficient (Wildman–Crippen LogP) is 2.68. The van der Waals surface area contributed by atoms with E-state index in [-0.39, 0.29) is 5.69 Å². The van der Waals surface area contributed by atoms with Gasteiger partial charge in [0.15, 0.2) is 0 Å². The molecular weight excluding hydrogens is 218 g/mol. The molecule has 0 N–H and O–H groups in total. The smallest absolute Gasteiger partial charge is 0.287 e. The number of piperidine rings is 1. The molecule has 1 aromatic rings. The fourth-order valence-corrected chi connectivity index (χ4v) is 2.37.